The van der Waals surface area contributed by atoms with E-state index in [1.165, 1.54) is 11.3 Å². The molecule has 124 valence electrons. The summed E-state index contributed by atoms with van der Waals surface area (Å²) >= 11 is 4.65. The summed E-state index contributed by atoms with van der Waals surface area (Å²) in [4.78, 5) is 13.5. The first-order chi connectivity index (χ1) is 11.1. The molecule has 1 heterocycles. The van der Waals surface area contributed by atoms with Crippen molar-refractivity contribution in [3.05, 3.63) is 23.8 Å². The average molecular weight is 370 g/mol. The van der Waals surface area contributed by atoms with Crippen LogP contribution in [-0.2, 0) is 0 Å². The van der Waals surface area contributed by atoms with Gasteiger partial charge in [-0.1, -0.05) is 36.9 Å². The van der Waals surface area contributed by atoms with E-state index < -0.39 is 0 Å². The molecule has 0 aliphatic rings. The molecule has 0 saturated heterocycles. The zero-order valence-electron chi connectivity index (χ0n) is 13.5. The van der Waals surface area contributed by atoms with E-state index in [9.17, 15) is 4.79 Å². The molecular weight excluding hydrogens is 350 g/mol. The summed E-state index contributed by atoms with van der Waals surface area (Å²) in [5.74, 6) is 0.304. The maximum atomic E-state index is 12.4. The second-order valence-electron chi connectivity index (χ2n) is 4.73. The first kappa shape index (κ1) is 18.1. The summed E-state index contributed by atoms with van der Waals surface area (Å²) in [7, 11) is 1.56. The largest absolute Gasteiger partial charge is 0.496 e. The number of aromatic nitrogens is 2. The van der Waals surface area contributed by atoms with E-state index >= 15 is 0 Å². The van der Waals surface area contributed by atoms with E-state index in [1.807, 2.05) is 18.4 Å². The van der Waals surface area contributed by atoms with Crippen LogP contribution in [-0.4, -0.2) is 34.7 Å². The molecule has 1 amide bonds. The smallest absolute Gasteiger partial charge is 0.261 e. The molecular formula is C15H19N3O2S3. The number of ether oxygens (including phenoxy) is 1. The van der Waals surface area contributed by atoms with Crippen molar-refractivity contribution in [1.82, 2.24) is 10.2 Å². The van der Waals surface area contributed by atoms with Crippen molar-refractivity contribution in [2.75, 3.05) is 18.7 Å². The predicted molar refractivity (Wildman–Crippen MR) is 98.2 cm³/mol. The Kier molecular flexibility index (Phi) is 6.73. The Morgan fingerprint density at radius 3 is 2.87 bits per heavy atom. The third-order valence-corrected chi connectivity index (χ3v) is 6.07. The van der Waals surface area contributed by atoms with Crippen molar-refractivity contribution < 1.29 is 9.53 Å². The van der Waals surface area contributed by atoms with Crippen molar-refractivity contribution in [3.63, 3.8) is 0 Å². The quantitative estimate of drug-likeness (QED) is 0.576. The Morgan fingerprint density at radius 1 is 1.43 bits per heavy atom. The Balaban J connectivity index is 2.10. The number of methoxy groups -OCH3 is 1. The summed E-state index contributed by atoms with van der Waals surface area (Å²) < 4.78 is 6.17. The fourth-order valence-corrected chi connectivity index (χ4v) is 4.14. The number of carbonyl (C=O) groups is 1. The van der Waals surface area contributed by atoms with Crippen LogP contribution in [0.5, 0.6) is 5.75 Å². The van der Waals surface area contributed by atoms with Crippen molar-refractivity contribution in [2.24, 2.45) is 0 Å². The molecule has 5 nitrogen and oxygen atoms in total. The molecule has 0 radical (unpaired) electrons. The van der Waals surface area contributed by atoms with Crippen molar-refractivity contribution >= 4 is 45.9 Å². The van der Waals surface area contributed by atoms with Gasteiger partial charge in [0.1, 0.15) is 5.75 Å². The number of amides is 1. The highest BCUT2D eigenvalue weighted by atomic mass is 32.2. The van der Waals surface area contributed by atoms with Crippen LogP contribution in [0.4, 0.5) is 5.13 Å². The molecule has 1 N–H and O–H groups in total. The maximum Gasteiger partial charge on any atom is 0.261 e. The van der Waals surface area contributed by atoms with Gasteiger partial charge in [-0.2, -0.15) is 0 Å². The molecule has 8 heteroatoms. The topological polar surface area (TPSA) is 64.1 Å². The number of hydrogen-bond donors (Lipinski definition) is 1. The zero-order chi connectivity index (χ0) is 16.8. The summed E-state index contributed by atoms with van der Waals surface area (Å²) in [5.41, 5.74) is 0.483. The lowest BCUT2D eigenvalue weighted by Gasteiger charge is -2.09. The molecule has 2 rings (SSSR count). The van der Waals surface area contributed by atoms with Crippen LogP contribution < -0.4 is 10.1 Å². The molecule has 0 saturated carbocycles. The predicted octanol–water partition coefficient (Wildman–Crippen LogP) is 4.41. The van der Waals surface area contributed by atoms with Gasteiger partial charge in [0.15, 0.2) is 4.34 Å². The van der Waals surface area contributed by atoms with Crippen molar-refractivity contribution in [2.45, 2.75) is 34.8 Å². The molecule has 1 aromatic carbocycles. The third-order valence-electron chi connectivity index (χ3n) is 3.16. The summed E-state index contributed by atoms with van der Waals surface area (Å²) in [5, 5.41) is 11.9. The maximum absolute atomic E-state index is 12.4. The minimum atomic E-state index is -0.245. The number of benzene rings is 1. The van der Waals surface area contributed by atoms with E-state index in [0.29, 0.717) is 21.7 Å². The lowest BCUT2D eigenvalue weighted by Crippen LogP contribution is -2.13. The molecule has 2 aromatic rings. The Bertz CT molecular complexity index is 676. The molecule has 0 aliphatic heterocycles. The molecule has 1 unspecified atom stereocenters. The Morgan fingerprint density at radius 2 is 2.22 bits per heavy atom. The second kappa shape index (κ2) is 8.56. The van der Waals surface area contributed by atoms with Gasteiger partial charge >= 0.3 is 0 Å². The molecule has 1 aromatic heterocycles. The fourth-order valence-electron chi connectivity index (χ4n) is 1.71. The summed E-state index contributed by atoms with van der Waals surface area (Å²) in [6.07, 6.45) is 3.04. The van der Waals surface area contributed by atoms with Crippen LogP contribution in [0.25, 0.3) is 0 Å². The van der Waals surface area contributed by atoms with Gasteiger partial charge in [-0.25, -0.2) is 0 Å². The number of hydrogen-bond acceptors (Lipinski definition) is 7. The molecule has 1 atom stereocenters. The Hall–Kier alpha value is -1.25. The lowest BCUT2D eigenvalue weighted by atomic mass is 10.2. The first-order valence-corrected chi connectivity index (χ1v) is 10.0. The SMILES string of the molecule is CCC(C)Sc1nnc(NC(=O)c2ccc(SC)cc2OC)s1. The summed E-state index contributed by atoms with van der Waals surface area (Å²) in [6.45, 7) is 4.27. The van der Waals surface area contributed by atoms with Crippen molar-refractivity contribution in [1.29, 1.82) is 0 Å². The van der Waals surface area contributed by atoms with E-state index in [-0.39, 0.29) is 5.91 Å². The standard InChI is InChI=1S/C15H19N3O2S3/c1-5-9(2)22-15-18-17-14(23-15)16-13(19)11-7-6-10(21-4)8-12(11)20-3/h6-9H,5H2,1-4H3,(H,16,17,19). The van der Waals surface area contributed by atoms with Crippen LogP contribution in [0.3, 0.4) is 0 Å². The van der Waals surface area contributed by atoms with Gasteiger partial charge in [0.25, 0.3) is 5.91 Å². The van der Waals surface area contributed by atoms with Crippen LogP contribution in [0.1, 0.15) is 30.6 Å². The lowest BCUT2D eigenvalue weighted by molar-refractivity contribution is 0.102. The number of carbonyl (C=O) groups excluding carboxylic acids is 1. The van der Waals surface area contributed by atoms with E-state index in [2.05, 4.69) is 29.4 Å². The number of anilines is 1. The number of rotatable bonds is 7. The molecule has 23 heavy (non-hydrogen) atoms. The van der Waals surface area contributed by atoms with Crippen LogP contribution >= 0.6 is 34.9 Å². The van der Waals surface area contributed by atoms with Gasteiger partial charge in [-0.15, -0.1) is 22.0 Å². The zero-order valence-corrected chi connectivity index (χ0v) is 15.9. The average Bonchev–Trinajstić information content (AvgIpc) is 3.00. The highest BCUT2D eigenvalue weighted by molar-refractivity contribution is 8.01. The second-order valence-corrected chi connectivity index (χ2v) is 8.27. The first-order valence-electron chi connectivity index (χ1n) is 7.10. The van der Waals surface area contributed by atoms with Gasteiger partial charge in [-0.3, -0.25) is 10.1 Å². The minimum absolute atomic E-state index is 0.245. The minimum Gasteiger partial charge on any atom is -0.496 e. The van der Waals surface area contributed by atoms with Crippen LogP contribution in [0, 0.1) is 0 Å². The number of nitrogens with one attached hydrogen (secondary N) is 1. The molecule has 0 fully saturated rings. The van der Waals surface area contributed by atoms with E-state index in [4.69, 9.17) is 4.74 Å². The molecule has 0 aliphatic carbocycles. The van der Waals surface area contributed by atoms with Crippen molar-refractivity contribution in [3.8, 4) is 5.75 Å². The normalized spacial score (nSPS) is 12.0. The third kappa shape index (κ3) is 4.86. The Labute approximate surface area is 148 Å². The van der Waals surface area contributed by atoms with Gasteiger partial charge < -0.3 is 4.74 Å². The van der Waals surface area contributed by atoms with Gasteiger partial charge in [0.05, 0.1) is 12.7 Å². The van der Waals surface area contributed by atoms with Gasteiger partial charge in [0.2, 0.25) is 5.13 Å². The van der Waals surface area contributed by atoms with E-state index in [0.717, 1.165) is 15.7 Å². The highest BCUT2D eigenvalue weighted by Crippen LogP contribution is 2.31. The van der Waals surface area contributed by atoms with Gasteiger partial charge in [0, 0.05) is 10.1 Å². The molecule has 0 bridgehead atoms. The monoisotopic (exact) mass is 369 g/mol. The number of thioether (sulfide) groups is 2. The van der Waals surface area contributed by atoms with Crippen LogP contribution in [0.15, 0.2) is 27.4 Å². The summed E-state index contributed by atoms with van der Waals surface area (Å²) in [6, 6.07) is 5.51. The fraction of sp³-hybridized carbons (Fsp3) is 0.400. The molecule has 0 spiro atoms. The highest BCUT2D eigenvalue weighted by Gasteiger charge is 2.16. The number of nitrogens with zero attached hydrogens (tertiary/aromatic N) is 2. The van der Waals surface area contributed by atoms with E-state index in [1.54, 1.807) is 36.7 Å². The van der Waals surface area contributed by atoms with Gasteiger partial charge in [-0.05, 0) is 30.9 Å². The van der Waals surface area contributed by atoms with Crippen LogP contribution in [0.2, 0.25) is 0 Å².